The molecular formula is C25H20F3N3O2. The maximum Gasteiger partial charge on any atom is 0.226 e. The Morgan fingerprint density at radius 2 is 1.61 bits per heavy atom. The van der Waals surface area contributed by atoms with Crippen molar-refractivity contribution in [3.63, 3.8) is 0 Å². The molecule has 0 fully saturated rings. The van der Waals surface area contributed by atoms with Gasteiger partial charge < -0.3 is 10.1 Å². The van der Waals surface area contributed by atoms with E-state index in [0.717, 1.165) is 0 Å². The van der Waals surface area contributed by atoms with Gasteiger partial charge in [0, 0.05) is 23.7 Å². The number of anilines is 1. The van der Waals surface area contributed by atoms with E-state index in [-0.39, 0.29) is 24.5 Å². The number of amides is 1. The normalized spacial score (nSPS) is 10.8. The molecule has 3 aromatic carbocycles. The minimum Gasteiger partial charge on any atom is -0.439 e. The Balaban J connectivity index is 1.61. The minimum absolute atomic E-state index is 0.104. The molecular weight excluding hydrogens is 431 g/mol. The van der Waals surface area contributed by atoms with Crippen molar-refractivity contribution in [2.45, 2.75) is 19.8 Å². The summed E-state index contributed by atoms with van der Waals surface area (Å²) in [6, 6.07) is 16.8. The number of rotatable bonds is 7. The fourth-order valence-electron chi connectivity index (χ4n) is 3.33. The Bertz CT molecular complexity index is 1270. The molecule has 0 unspecified atom stereocenters. The van der Waals surface area contributed by atoms with E-state index >= 15 is 0 Å². The Morgan fingerprint density at radius 3 is 2.27 bits per heavy atom. The largest absolute Gasteiger partial charge is 0.439 e. The van der Waals surface area contributed by atoms with E-state index in [1.807, 2.05) is 0 Å². The Labute approximate surface area is 188 Å². The van der Waals surface area contributed by atoms with Gasteiger partial charge in [-0.3, -0.25) is 4.79 Å². The molecule has 33 heavy (non-hydrogen) atoms. The van der Waals surface area contributed by atoms with Crippen molar-refractivity contribution in [3.8, 4) is 17.3 Å². The number of nitrogens with one attached hydrogen (secondary N) is 1. The summed E-state index contributed by atoms with van der Waals surface area (Å²) in [4.78, 5) is 12.4. The molecule has 0 aliphatic rings. The SMILES string of the molecule is Cc1nn(-c2ccc(F)cc2)c(Oc2cccc(F)c2)c1CCC(=O)Nc1ccc(F)cc1. The lowest BCUT2D eigenvalue weighted by molar-refractivity contribution is -0.116. The van der Waals surface area contributed by atoms with Crippen LogP contribution in [0.1, 0.15) is 17.7 Å². The van der Waals surface area contributed by atoms with Crippen molar-refractivity contribution in [1.29, 1.82) is 0 Å². The molecule has 5 nitrogen and oxygen atoms in total. The summed E-state index contributed by atoms with van der Waals surface area (Å²) >= 11 is 0. The third-order valence-electron chi connectivity index (χ3n) is 4.95. The predicted molar refractivity (Wildman–Crippen MR) is 118 cm³/mol. The van der Waals surface area contributed by atoms with E-state index in [0.29, 0.717) is 28.5 Å². The van der Waals surface area contributed by atoms with Crippen LogP contribution in [0.4, 0.5) is 18.9 Å². The van der Waals surface area contributed by atoms with E-state index in [1.54, 1.807) is 25.1 Å². The van der Waals surface area contributed by atoms with Crippen molar-refractivity contribution < 1.29 is 22.7 Å². The van der Waals surface area contributed by atoms with Crippen molar-refractivity contribution in [2.24, 2.45) is 0 Å². The number of aryl methyl sites for hydroxylation is 1. The van der Waals surface area contributed by atoms with Crippen molar-refractivity contribution >= 4 is 11.6 Å². The molecule has 8 heteroatoms. The van der Waals surface area contributed by atoms with Crippen LogP contribution < -0.4 is 10.1 Å². The van der Waals surface area contributed by atoms with Gasteiger partial charge in [-0.05, 0) is 74.0 Å². The monoisotopic (exact) mass is 451 g/mol. The van der Waals surface area contributed by atoms with Crippen molar-refractivity contribution in [2.75, 3.05) is 5.32 Å². The van der Waals surface area contributed by atoms with Gasteiger partial charge in [0.2, 0.25) is 11.8 Å². The van der Waals surface area contributed by atoms with E-state index in [2.05, 4.69) is 10.4 Å². The number of aromatic nitrogens is 2. The van der Waals surface area contributed by atoms with Gasteiger partial charge in [0.1, 0.15) is 23.2 Å². The van der Waals surface area contributed by atoms with Crippen LogP contribution in [0.3, 0.4) is 0 Å². The highest BCUT2D eigenvalue weighted by molar-refractivity contribution is 5.90. The lowest BCUT2D eigenvalue weighted by Crippen LogP contribution is -2.12. The number of ether oxygens (including phenoxy) is 1. The number of halogens is 3. The van der Waals surface area contributed by atoms with Gasteiger partial charge in [0.15, 0.2) is 0 Å². The van der Waals surface area contributed by atoms with E-state index in [4.69, 9.17) is 4.74 Å². The molecule has 1 N–H and O–H groups in total. The zero-order chi connectivity index (χ0) is 23.4. The second-order valence-electron chi connectivity index (χ2n) is 7.37. The minimum atomic E-state index is -0.461. The molecule has 0 saturated carbocycles. The zero-order valence-corrected chi connectivity index (χ0v) is 17.7. The van der Waals surface area contributed by atoms with Crippen LogP contribution >= 0.6 is 0 Å². The molecule has 0 saturated heterocycles. The first-order valence-electron chi connectivity index (χ1n) is 10.2. The molecule has 0 aliphatic heterocycles. The van der Waals surface area contributed by atoms with Crippen LogP contribution in [0.15, 0.2) is 72.8 Å². The molecule has 1 heterocycles. The van der Waals surface area contributed by atoms with E-state index in [1.165, 1.54) is 59.3 Å². The summed E-state index contributed by atoms with van der Waals surface area (Å²) in [5.74, 6) is -0.956. The fourth-order valence-corrected chi connectivity index (χ4v) is 3.33. The highest BCUT2D eigenvalue weighted by atomic mass is 19.1. The molecule has 0 atom stereocenters. The molecule has 0 spiro atoms. The van der Waals surface area contributed by atoms with Crippen LogP contribution in [-0.4, -0.2) is 15.7 Å². The Morgan fingerprint density at radius 1 is 0.939 bits per heavy atom. The number of benzene rings is 3. The molecule has 0 radical (unpaired) electrons. The van der Waals surface area contributed by atoms with Crippen molar-refractivity contribution in [3.05, 3.63) is 102 Å². The van der Waals surface area contributed by atoms with Crippen LogP contribution in [0.2, 0.25) is 0 Å². The van der Waals surface area contributed by atoms with E-state index < -0.39 is 17.5 Å². The quantitative estimate of drug-likeness (QED) is 0.377. The first-order valence-corrected chi connectivity index (χ1v) is 10.2. The van der Waals surface area contributed by atoms with Gasteiger partial charge in [0.05, 0.1) is 11.4 Å². The highest BCUT2D eigenvalue weighted by Gasteiger charge is 2.20. The van der Waals surface area contributed by atoms with Gasteiger partial charge in [-0.25, -0.2) is 17.9 Å². The Hall–Kier alpha value is -4.07. The Kier molecular flexibility index (Phi) is 6.44. The smallest absolute Gasteiger partial charge is 0.226 e. The van der Waals surface area contributed by atoms with Gasteiger partial charge in [0.25, 0.3) is 0 Å². The summed E-state index contributed by atoms with van der Waals surface area (Å²) in [5.41, 5.74) is 2.29. The van der Waals surface area contributed by atoms with Crippen LogP contribution in [-0.2, 0) is 11.2 Å². The summed E-state index contributed by atoms with van der Waals surface area (Å²) in [6.45, 7) is 1.77. The second-order valence-corrected chi connectivity index (χ2v) is 7.37. The molecule has 0 bridgehead atoms. The molecule has 168 valence electrons. The number of hydrogen-bond donors (Lipinski definition) is 1. The zero-order valence-electron chi connectivity index (χ0n) is 17.7. The summed E-state index contributed by atoms with van der Waals surface area (Å²) in [7, 11) is 0. The van der Waals surface area contributed by atoms with Gasteiger partial charge in [-0.2, -0.15) is 5.10 Å². The molecule has 1 aromatic heterocycles. The van der Waals surface area contributed by atoms with Gasteiger partial charge in [-0.1, -0.05) is 6.07 Å². The van der Waals surface area contributed by atoms with Crippen LogP contribution in [0, 0.1) is 24.4 Å². The second kappa shape index (κ2) is 9.60. The first-order chi connectivity index (χ1) is 15.9. The van der Waals surface area contributed by atoms with Crippen molar-refractivity contribution in [1.82, 2.24) is 9.78 Å². The molecule has 0 aliphatic carbocycles. The third kappa shape index (κ3) is 5.41. The number of nitrogens with zero attached hydrogens (tertiary/aromatic N) is 2. The topological polar surface area (TPSA) is 56.2 Å². The van der Waals surface area contributed by atoms with Gasteiger partial charge >= 0.3 is 0 Å². The van der Waals surface area contributed by atoms with E-state index in [9.17, 15) is 18.0 Å². The standard InChI is InChI=1S/C25H20F3N3O2/c1-16-23(13-14-24(32)29-20-9-5-17(26)6-10-20)25(33-22-4-2-3-19(28)15-22)31(30-16)21-11-7-18(27)8-12-21/h2-12,15H,13-14H2,1H3,(H,29,32). The average Bonchev–Trinajstić information content (AvgIpc) is 3.09. The first kappa shape index (κ1) is 22.1. The highest BCUT2D eigenvalue weighted by Crippen LogP contribution is 2.32. The maximum atomic E-state index is 13.7. The lowest BCUT2D eigenvalue weighted by Gasteiger charge is -2.12. The fraction of sp³-hybridized carbons (Fsp3) is 0.120. The van der Waals surface area contributed by atoms with Crippen LogP contribution in [0.25, 0.3) is 5.69 Å². The number of carbonyl (C=O) groups excluding carboxylic acids is 1. The van der Waals surface area contributed by atoms with Gasteiger partial charge in [-0.15, -0.1) is 0 Å². The summed E-state index contributed by atoms with van der Waals surface area (Å²) in [5, 5.41) is 7.22. The average molecular weight is 451 g/mol. The summed E-state index contributed by atoms with van der Waals surface area (Å²) < 4.78 is 47.7. The predicted octanol–water partition coefficient (Wildman–Crippen LogP) is 5.96. The molecule has 4 rings (SSSR count). The number of carbonyl (C=O) groups is 1. The molecule has 1 amide bonds. The molecule has 4 aromatic rings. The maximum absolute atomic E-state index is 13.7. The lowest BCUT2D eigenvalue weighted by atomic mass is 10.1. The van der Waals surface area contributed by atoms with Crippen LogP contribution in [0.5, 0.6) is 11.6 Å². The number of hydrogen-bond acceptors (Lipinski definition) is 3. The summed E-state index contributed by atoms with van der Waals surface area (Å²) in [6.07, 6.45) is 0.386. The third-order valence-corrected chi connectivity index (χ3v) is 4.95.